The van der Waals surface area contributed by atoms with Crippen LogP contribution in [-0.2, 0) is 4.79 Å². The van der Waals surface area contributed by atoms with Crippen molar-refractivity contribution in [3.63, 3.8) is 0 Å². The lowest BCUT2D eigenvalue weighted by molar-refractivity contribution is -0.123. The molecule has 2 aliphatic rings. The van der Waals surface area contributed by atoms with Crippen LogP contribution in [0.15, 0.2) is 0 Å². The molecule has 1 aliphatic carbocycles. The predicted molar refractivity (Wildman–Crippen MR) is 51.4 cm³/mol. The molecule has 3 heteroatoms. The van der Waals surface area contributed by atoms with Crippen molar-refractivity contribution in [2.24, 2.45) is 5.92 Å². The van der Waals surface area contributed by atoms with Crippen molar-refractivity contribution in [3.8, 4) is 0 Å². The molecule has 2 rings (SSSR count). The molecule has 74 valence electrons. The lowest BCUT2D eigenvalue weighted by Gasteiger charge is -2.30. The molecular weight excluding hydrogens is 164 g/mol. The quantitative estimate of drug-likeness (QED) is 0.658. The van der Waals surface area contributed by atoms with Crippen LogP contribution in [0.25, 0.3) is 0 Å². The van der Waals surface area contributed by atoms with E-state index in [-0.39, 0.29) is 5.91 Å². The minimum absolute atomic E-state index is 0.278. The fourth-order valence-corrected chi connectivity index (χ4v) is 1.89. The van der Waals surface area contributed by atoms with Crippen LogP contribution >= 0.6 is 0 Å². The van der Waals surface area contributed by atoms with Gasteiger partial charge in [0, 0.05) is 18.0 Å². The SMILES string of the molecule is C[C@@H]1NCCC[C@@H]1NC(=O)C1CC1. The molecule has 13 heavy (non-hydrogen) atoms. The molecule has 2 atom stereocenters. The molecule has 1 amide bonds. The van der Waals surface area contributed by atoms with Gasteiger partial charge in [0.15, 0.2) is 0 Å². The number of hydrogen-bond acceptors (Lipinski definition) is 2. The zero-order valence-electron chi connectivity index (χ0n) is 8.18. The summed E-state index contributed by atoms with van der Waals surface area (Å²) in [6.45, 7) is 3.24. The van der Waals surface area contributed by atoms with Gasteiger partial charge in [-0.3, -0.25) is 4.79 Å². The van der Waals surface area contributed by atoms with Crippen LogP contribution in [0, 0.1) is 5.92 Å². The van der Waals surface area contributed by atoms with Crippen molar-refractivity contribution in [3.05, 3.63) is 0 Å². The van der Waals surface area contributed by atoms with Crippen molar-refractivity contribution >= 4 is 5.91 Å². The molecule has 0 radical (unpaired) electrons. The van der Waals surface area contributed by atoms with Crippen LogP contribution in [0.4, 0.5) is 0 Å². The standard InChI is InChI=1S/C10H18N2O/c1-7-9(3-2-6-11-7)12-10(13)8-4-5-8/h7-9,11H,2-6H2,1H3,(H,12,13)/t7-,9-/m0/s1. The molecule has 1 saturated heterocycles. The molecule has 0 unspecified atom stereocenters. The Morgan fingerprint density at radius 2 is 2.15 bits per heavy atom. The van der Waals surface area contributed by atoms with Crippen LogP contribution in [0.5, 0.6) is 0 Å². The Bertz CT molecular complexity index is 201. The first kappa shape index (κ1) is 9.00. The van der Waals surface area contributed by atoms with Gasteiger partial charge < -0.3 is 10.6 Å². The van der Waals surface area contributed by atoms with E-state index in [2.05, 4.69) is 17.6 Å². The number of carbonyl (C=O) groups is 1. The second kappa shape index (κ2) is 3.66. The third-order valence-electron chi connectivity index (χ3n) is 3.04. The highest BCUT2D eigenvalue weighted by atomic mass is 16.2. The van der Waals surface area contributed by atoms with Crippen molar-refractivity contribution in [2.75, 3.05) is 6.54 Å². The van der Waals surface area contributed by atoms with Gasteiger partial charge in [-0.2, -0.15) is 0 Å². The van der Waals surface area contributed by atoms with Crippen molar-refractivity contribution < 1.29 is 4.79 Å². The van der Waals surface area contributed by atoms with E-state index in [9.17, 15) is 4.79 Å². The second-order valence-electron chi connectivity index (χ2n) is 4.27. The van der Waals surface area contributed by atoms with Gasteiger partial charge in [-0.15, -0.1) is 0 Å². The van der Waals surface area contributed by atoms with E-state index in [1.54, 1.807) is 0 Å². The number of amides is 1. The van der Waals surface area contributed by atoms with Gasteiger partial charge in [-0.05, 0) is 39.2 Å². The van der Waals surface area contributed by atoms with Crippen LogP contribution < -0.4 is 10.6 Å². The Morgan fingerprint density at radius 3 is 2.77 bits per heavy atom. The Hall–Kier alpha value is -0.570. The first-order valence-corrected chi connectivity index (χ1v) is 5.31. The highest BCUT2D eigenvalue weighted by Crippen LogP contribution is 2.29. The maximum Gasteiger partial charge on any atom is 0.223 e. The van der Waals surface area contributed by atoms with Gasteiger partial charge in [0.1, 0.15) is 0 Å². The summed E-state index contributed by atoms with van der Waals surface area (Å²) in [6, 6.07) is 0.804. The van der Waals surface area contributed by atoms with Crippen molar-refractivity contribution in [1.29, 1.82) is 0 Å². The summed E-state index contributed by atoms with van der Waals surface area (Å²) < 4.78 is 0. The fraction of sp³-hybridized carbons (Fsp3) is 0.900. The zero-order valence-corrected chi connectivity index (χ0v) is 8.18. The van der Waals surface area contributed by atoms with E-state index in [0.717, 1.165) is 25.8 Å². The molecule has 0 aromatic rings. The predicted octanol–water partition coefficient (Wildman–Crippen LogP) is 0.653. The highest BCUT2D eigenvalue weighted by molar-refractivity contribution is 5.81. The summed E-state index contributed by atoms with van der Waals surface area (Å²) in [4.78, 5) is 11.5. The smallest absolute Gasteiger partial charge is 0.223 e. The Kier molecular flexibility index (Phi) is 2.54. The highest BCUT2D eigenvalue weighted by Gasteiger charge is 2.32. The number of nitrogens with one attached hydrogen (secondary N) is 2. The van der Waals surface area contributed by atoms with Gasteiger partial charge in [-0.1, -0.05) is 0 Å². The summed E-state index contributed by atoms with van der Waals surface area (Å²) in [7, 11) is 0. The molecule has 3 nitrogen and oxygen atoms in total. The molecule has 0 bridgehead atoms. The monoisotopic (exact) mass is 182 g/mol. The molecule has 1 heterocycles. The van der Waals surface area contributed by atoms with Gasteiger partial charge in [0.2, 0.25) is 5.91 Å². The summed E-state index contributed by atoms with van der Waals surface area (Å²) in [5.41, 5.74) is 0. The largest absolute Gasteiger partial charge is 0.352 e. The molecule has 0 aromatic carbocycles. The zero-order chi connectivity index (χ0) is 9.26. The average molecular weight is 182 g/mol. The average Bonchev–Trinajstić information content (AvgIpc) is 2.91. The van der Waals surface area contributed by atoms with Crippen LogP contribution in [0.2, 0.25) is 0 Å². The van der Waals surface area contributed by atoms with E-state index < -0.39 is 0 Å². The number of piperidine rings is 1. The van der Waals surface area contributed by atoms with Crippen LogP contribution in [-0.4, -0.2) is 24.5 Å². The second-order valence-corrected chi connectivity index (χ2v) is 4.27. The minimum Gasteiger partial charge on any atom is -0.352 e. The van der Waals surface area contributed by atoms with E-state index in [1.165, 1.54) is 6.42 Å². The van der Waals surface area contributed by atoms with Gasteiger partial charge >= 0.3 is 0 Å². The molecule has 0 aromatic heterocycles. The summed E-state index contributed by atoms with van der Waals surface area (Å²) in [6.07, 6.45) is 4.51. The molecule has 1 saturated carbocycles. The normalized spacial score (nSPS) is 34.2. The maximum absolute atomic E-state index is 11.5. The van der Waals surface area contributed by atoms with Crippen molar-refractivity contribution in [1.82, 2.24) is 10.6 Å². The number of carbonyl (C=O) groups excluding carboxylic acids is 1. The Labute approximate surface area is 79.3 Å². The van der Waals surface area contributed by atoms with E-state index in [0.29, 0.717) is 18.0 Å². The summed E-state index contributed by atoms with van der Waals surface area (Å²) >= 11 is 0. The topological polar surface area (TPSA) is 41.1 Å². The van der Waals surface area contributed by atoms with E-state index >= 15 is 0 Å². The van der Waals surface area contributed by atoms with Crippen LogP contribution in [0.1, 0.15) is 32.6 Å². The number of hydrogen-bond donors (Lipinski definition) is 2. The first-order valence-electron chi connectivity index (χ1n) is 5.31. The van der Waals surface area contributed by atoms with Crippen molar-refractivity contribution in [2.45, 2.75) is 44.7 Å². The van der Waals surface area contributed by atoms with Gasteiger partial charge in [-0.25, -0.2) is 0 Å². The molecular formula is C10H18N2O. The lowest BCUT2D eigenvalue weighted by atomic mass is 10.00. The van der Waals surface area contributed by atoms with E-state index in [4.69, 9.17) is 0 Å². The maximum atomic E-state index is 11.5. The van der Waals surface area contributed by atoms with Gasteiger partial charge in [0.25, 0.3) is 0 Å². The third-order valence-corrected chi connectivity index (χ3v) is 3.04. The third kappa shape index (κ3) is 2.21. The van der Waals surface area contributed by atoms with Crippen LogP contribution in [0.3, 0.4) is 0 Å². The molecule has 2 N–H and O–H groups in total. The minimum atomic E-state index is 0.278. The molecule has 1 aliphatic heterocycles. The lowest BCUT2D eigenvalue weighted by Crippen LogP contribution is -2.52. The first-order chi connectivity index (χ1) is 6.27. The Morgan fingerprint density at radius 1 is 1.38 bits per heavy atom. The summed E-state index contributed by atoms with van der Waals surface area (Å²) in [5, 5.41) is 6.51. The number of rotatable bonds is 2. The Balaban J connectivity index is 1.81. The van der Waals surface area contributed by atoms with Gasteiger partial charge in [0.05, 0.1) is 0 Å². The molecule has 0 spiro atoms. The molecule has 2 fully saturated rings. The van der Waals surface area contributed by atoms with E-state index in [1.807, 2.05) is 0 Å². The summed E-state index contributed by atoms with van der Waals surface area (Å²) in [5.74, 6) is 0.620. The fourth-order valence-electron chi connectivity index (χ4n) is 1.89.